The third kappa shape index (κ3) is 3.83. The molecular weight excluding hydrogens is 356 g/mol. The van der Waals surface area contributed by atoms with Crippen LogP contribution in [-0.4, -0.2) is 11.7 Å². The summed E-state index contributed by atoms with van der Waals surface area (Å²) in [5.74, 6) is -1.26. The number of hydrogen-bond acceptors (Lipinski definition) is 4. The number of nitrogens with one attached hydrogen (secondary N) is 1. The Kier molecular flexibility index (Phi) is 4.98. The first kappa shape index (κ1) is 15.5. The topological polar surface area (TPSA) is 64.5 Å². The van der Waals surface area contributed by atoms with Crippen LogP contribution in [-0.2, 0) is 0 Å². The number of carbonyl (C=O) groups is 1. The molecule has 0 spiro atoms. The lowest BCUT2D eigenvalue weighted by Gasteiger charge is -2.09. The molecule has 1 N–H and O–H groups in total. The lowest BCUT2D eigenvalue weighted by molar-refractivity contribution is -0.255. The Balaban J connectivity index is 2.26. The SMILES string of the molecule is C/C(=N/Nc1cc(C(=O)[O-])ccc1Cl)c1ccccc1Br. The molecular formula is C15H11BrClN2O2-. The number of carbonyl (C=O) groups excluding carboxylic acids is 1. The van der Waals surface area contributed by atoms with E-state index in [2.05, 4.69) is 26.5 Å². The quantitative estimate of drug-likeness (QED) is 0.667. The van der Waals surface area contributed by atoms with Gasteiger partial charge in [0.15, 0.2) is 0 Å². The number of benzene rings is 2. The highest BCUT2D eigenvalue weighted by molar-refractivity contribution is 9.10. The van der Waals surface area contributed by atoms with Crippen molar-refractivity contribution >= 4 is 44.9 Å². The van der Waals surface area contributed by atoms with Gasteiger partial charge in [-0.05, 0) is 30.7 Å². The van der Waals surface area contributed by atoms with Crippen molar-refractivity contribution in [2.24, 2.45) is 5.10 Å². The number of aromatic carboxylic acids is 1. The van der Waals surface area contributed by atoms with Gasteiger partial charge in [0.2, 0.25) is 0 Å². The Hall–Kier alpha value is -1.85. The van der Waals surface area contributed by atoms with E-state index in [-0.39, 0.29) is 5.56 Å². The molecule has 0 atom stereocenters. The maximum atomic E-state index is 10.8. The van der Waals surface area contributed by atoms with Gasteiger partial charge in [0.1, 0.15) is 0 Å². The second kappa shape index (κ2) is 6.74. The molecule has 0 unspecified atom stereocenters. The molecule has 0 heterocycles. The predicted octanol–water partition coefficient (Wildman–Crippen LogP) is 3.30. The summed E-state index contributed by atoms with van der Waals surface area (Å²) >= 11 is 9.45. The van der Waals surface area contributed by atoms with Crippen LogP contribution in [0.4, 0.5) is 5.69 Å². The standard InChI is InChI=1S/C15H12BrClN2O2/c1-9(11-4-2-3-5-12(11)16)18-19-14-8-10(15(20)21)6-7-13(14)17/h2-8,19H,1H3,(H,20,21)/p-1/b18-9-. The van der Waals surface area contributed by atoms with Crippen molar-refractivity contribution in [1.29, 1.82) is 0 Å². The van der Waals surface area contributed by atoms with Crippen molar-refractivity contribution in [3.63, 3.8) is 0 Å². The lowest BCUT2D eigenvalue weighted by Crippen LogP contribution is -2.22. The van der Waals surface area contributed by atoms with Crippen molar-refractivity contribution < 1.29 is 9.90 Å². The van der Waals surface area contributed by atoms with Gasteiger partial charge in [-0.15, -0.1) is 0 Å². The van der Waals surface area contributed by atoms with Crippen molar-refractivity contribution in [3.05, 3.63) is 63.1 Å². The number of rotatable bonds is 4. The number of hydrazone groups is 1. The molecule has 0 aromatic heterocycles. The van der Waals surface area contributed by atoms with Gasteiger partial charge in [0, 0.05) is 10.0 Å². The number of halogens is 2. The van der Waals surface area contributed by atoms with E-state index in [4.69, 9.17) is 11.6 Å². The van der Waals surface area contributed by atoms with Crippen molar-refractivity contribution in [2.75, 3.05) is 5.43 Å². The molecule has 4 nitrogen and oxygen atoms in total. The fourth-order valence-electron chi connectivity index (χ4n) is 1.70. The van der Waals surface area contributed by atoms with E-state index in [1.807, 2.05) is 31.2 Å². The van der Waals surface area contributed by atoms with E-state index < -0.39 is 5.97 Å². The average molecular weight is 367 g/mol. The van der Waals surface area contributed by atoms with Crippen molar-refractivity contribution in [3.8, 4) is 0 Å². The summed E-state index contributed by atoms with van der Waals surface area (Å²) < 4.78 is 0.919. The van der Waals surface area contributed by atoms with E-state index in [1.165, 1.54) is 18.2 Å². The Bertz CT molecular complexity index is 717. The van der Waals surface area contributed by atoms with Crippen LogP contribution in [0, 0.1) is 0 Å². The van der Waals surface area contributed by atoms with Gasteiger partial charge in [0.25, 0.3) is 0 Å². The second-order valence-electron chi connectivity index (χ2n) is 4.27. The molecule has 108 valence electrons. The molecule has 0 aliphatic heterocycles. The molecule has 0 aliphatic carbocycles. The summed E-state index contributed by atoms with van der Waals surface area (Å²) in [4.78, 5) is 10.8. The second-order valence-corrected chi connectivity index (χ2v) is 5.53. The zero-order valence-electron chi connectivity index (χ0n) is 11.1. The third-order valence-corrected chi connectivity index (χ3v) is 3.83. The normalized spacial score (nSPS) is 11.3. The molecule has 0 fully saturated rings. The molecule has 21 heavy (non-hydrogen) atoms. The number of hydrogen-bond donors (Lipinski definition) is 1. The largest absolute Gasteiger partial charge is 0.545 e. The zero-order chi connectivity index (χ0) is 15.4. The summed E-state index contributed by atoms with van der Waals surface area (Å²) in [7, 11) is 0. The van der Waals surface area contributed by atoms with E-state index in [9.17, 15) is 9.90 Å². The predicted molar refractivity (Wildman–Crippen MR) is 85.8 cm³/mol. The molecule has 2 aromatic carbocycles. The Labute approximate surface area is 135 Å². The summed E-state index contributed by atoms with van der Waals surface area (Å²) in [5.41, 5.74) is 4.88. The Morgan fingerprint density at radius 2 is 2.00 bits per heavy atom. The van der Waals surface area contributed by atoms with E-state index in [0.717, 1.165) is 15.7 Å². The first-order chi connectivity index (χ1) is 9.99. The van der Waals surface area contributed by atoms with Gasteiger partial charge >= 0.3 is 0 Å². The zero-order valence-corrected chi connectivity index (χ0v) is 13.4. The summed E-state index contributed by atoms with van der Waals surface area (Å²) in [6.07, 6.45) is 0. The Morgan fingerprint density at radius 1 is 1.29 bits per heavy atom. The molecule has 0 aliphatic rings. The minimum absolute atomic E-state index is 0.0376. The first-order valence-corrected chi connectivity index (χ1v) is 7.22. The maximum absolute atomic E-state index is 10.8. The minimum atomic E-state index is -1.26. The van der Waals surface area contributed by atoms with Crippen LogP contribution in [0.2, 0.25) is 5.02 Å². The number of carboxylic acids is 1. The van der Waals surface area contributed by atoms with Gasteiger partial charge < -0.3 is 9.90 Å². The van der Waals surface area contributed by atoms with Crippen LogP contribution in [0.25, 0.3) is 0 Å². The first-order valence-electron chi connectivity index (χ1n) is 6.05. The van der Waals surface area contributed by atoms with Crippen LogP contribution in [0.3, 0.4) is 0 Å². The van der Waals surface area contributed by atoms with Crippen LogP contribution in [0.5, 0.6) is 0 Å². The molecule has 0 saturated carbocycles. The molecule has 0 bridgehead atoms. The highest BCUT2D eigenvalue weighted by atomic mass is 79.9. The molecule has 2 rings (SSSR count). The fourth-order valence-corrected chi connectivity index (χ4v) is 2.43. The van der Waals surface area contributed by atoms with E-state index in [0.29, 0.717) is 10.7 Å². The van der Waals surface area contributed by atoms with Gasteiger partial charge in [-0.3, -0.25) is 5.43 Å². The third-order valence-electron chi connectivity index (χ3n) is 2.81. The van der Waals surface area contributed by atoms with Crippen LogP contribution in [0.1, 0.15) is 22.8 Å². The molecule has 0 saturated heterocycles. The van der Waals surface area contributed by atoms with E-state index in [1.54, 1.807) is 0 Å². The molecule has 0 amide bonds. The van der Waals surface area contributed by atoms with E-state index >= 15 is 0 Å². The molecule has 6 heteroatoms. The van der Waals surface area contributed by atoms with Crippen LogP contribution < -0.4 is 10.5 Å². The molecule has 2 aromatic rings. The highest BCUT2D eigenvalue weighted by Gasteiger charge is 2.04. The van der Waals surface area contributed by atoms with Crippen molar-refractivity contribution in [2.45, 2.75) is 6.92 Å². The van der Waals surface area contributed by atoms with Gasteiger partial charge in [-0.25, -0.2) is 0 Å². The van der Waals surface area contributed by atoms with Gasteiger partial charge in [-0.2, -0.15) is 5.10 Å². The fraction of sp³-hybridized carbons (Fsp3) is 0.0667. The summed E-state index contributed by atoms with van der Waals surface area (Å²) in [5, 5.41) is 15.4. The average Bonchev–Trinajstić information content (AvgIpc) is 2.46. The highest BCUT2D eigenvalue weighted by Crippen LogP contribution is 2.23. The maximum Gasteiger partial charge on any atom is 0.0754 e. The van der Waals surface area contributed by atoms with Crippen LogP contribution in [0.15, 0.2) is 52.0 Å². The molecule has 0 radical (unpaired) electrons. The number of anilines is 1. The monoisotopic (exact) mass is 365 g/mol. The lowest BCUT2D eigenvalue weighted by atomic mass is 10.1. The number of carboxylic acid groups (broad SMARTS) is 1. The Morgan fingerprint density at radius 3 is 2.67 bits per heavy atom. The summed E-state index contributed by atoms with van der Waals surface area (Å²) in [6.45, 7) is 1.84. The smallest absolute Gasteiger partial charge is 0.0754 e. The number of nitrogens with zero attached hydrogens (tertiary/aromatic N) is 1. The van der Waals surface area contributed by atoms with Gasteiger partial charge in [0.05, 0.1) is 22.4 Å². The van der Waals surface area contributed by atoms with Crippen molar-refractivity contribution in [1.82, 2.24) is 0 Å². The minimum Gasteiger partial charge on any atom is -0.545 e. The van der Waals surface area contributed by atoms with Gasteiger partial charge in [-0.1, -0.05) is 51.8 Å². The summed E-state index contributed by atoms with van der Waals surface area (Å²) in [6, 6.07) is 11.9. The van der Waals surface area contributed by atoms with Crippen LogP contribution >= 0.6 is 27.5 Å².